The molecule has 0 amide bonds. The number of fused-ring (bicyclic) bond motifs is 9. The smallest absolute Gasteiger partial charge is 0.159 e. The Kier molecular flexibility index (Phi) is 7.89. The van der Waals surface area contributed by atoms with Gasteiger partial charge in [-0.15, -0.1) is 0 Å². The molecule has 0 aliphatic rings. The Bertz CT molecular complexity index is 3600. The molecule has 0 atom stereocenters. The maximum absolute atomic E-state index is 7.06. The van der Waals surface area contributed by atoms with E-state index in [4.69, 9.17) is 4.42 Å². The maximum atomic E-state index is 7.06. The molecule has 0 radical (unpaired) electrons. The minimum Gasteiger partial charge on any atom is -0.453 e. The molecule has 1 heterocycles. The highest BCUT2D eigenvalue weighted by Gasteiger charge is 2.24. The Morgan fingerprint density at radius 1 is 0.250 bits per heavy atom. The van der Waals surface area contributed by atoms with E-state index in [1.165, 1.54) is 49.2 Å². The largest absolute Gasteiger partial charge is 0.453 e. The highest BCUT2D eigenvalue weighted by Crippen LogP contribution is 2.49. The zero-order valence-corrected chi connectivity index (χ0v) is 32.7. The molecule has 11 aromatic carbocycles. The molecule has 0 saturated heterocycles. The van der Waals surface area contributed by atoms with Gasteiger partial charge in [-0.1, -0.05) is 194 Å². The lowest BCUT2D eigenvalue weighted by Gasteiger charge is -2.29. The number of benzene rings is 11. The second kappa shape index (κ2) is 13.9. The monoisotopic (exact) mass is 763 g/mol. The average molecular weight is 764 g/mol. The Hall–Kier alpha value is -7.94. The van der Waals surface area contributed by atoms with Crippen LogP contribution in [0.3, 0.4) is 0 Å². The Morgan fingerprint density at radius 2 is 0.800 bits per heavy atom. The Morgan fingerprint density at radius 3 is 1.60 bits per heavy atom. The standard InChI is InChI=1S/C58H37NO/c1-2-15-38(16-3-1)44-35-36-55(50-25-11-10-23-48(44)50)59(56-28-14-26-51-52-34-33-39-17-4-7-21-46(39)57(52)60-58(51)56)54-27-13-12-20-45(54)40-29-31-41(32-30-40)53-37-42-18-5-6-19-43(42)47-22-8-9-24-49(47)53/h1-37H. The molecule has 2 nitrogen and oxygen atoms in total. The summed E-state index contributed by atoms with van der Waals surface area (Å²) in [6.07, 6.45) is 0. The van der Waals surface area contributed by atoms with E-state index in [2.05, 4.69) is 229 Å². The van der Waals surface area contributed by atoms with Crippen molar-refractivity contribution in [3.63, 3.8) is 0 Å². The van der Waals surface area contributed by atoms with E-state index < -0.39 is 0 Å². The highest BCUT2D eigenvalue weighted by molar-refractivity contribution is 6.19. The van der Waals surface area contributed by atoms with Crippen molar-refractivity contribution in [2.75, 3.05) is 4.90 Å². The molecule has 0 aliphatic carbocycles. The number of anilines is 3. The van der Waals surface area contributed by atoms with Crippen molar-refractivity contribution in [2.45, 2.75) is 0 Å². The zero-order valence-electron chi connectivity index (χ0n) is 32.7. The normalized spacial score (nSPS) is 11.7. The van der Waals surface area contributed by atoms with E-state index in [1.807, 2.05) is 0 Å². The van der Waals surface area contributed by atoms with Gasteiger partial charge in [-0.25, -0.2) is 0 Å². The summed E-state index contributed by atoms with van der Waals surface area (Å²) in [5.41, 5.74) is 12.0. The number of para-hydroxylation sites is 2. The molecule has 0 spiro atoms. The summed E-state index contributed by atoms with van der Waals surface area (Å²) in [6.45, 7) is 0. The predicted molar refractivity (Wildman–Crippen MR) is 255 cm³/mol. The zero-order chi connectivity index (χ0) is 39.6. The SMILES string of the molecule is c1ccc(-c2ccc(N(c3ccccc3-c3ccc(-c4cc5ccccc5c5ccccc45)cc3)c3cccc4c3oc3c5ccccc5ccc43)c3ccccc23)cc1. The van der Waals surface area contributed by atoms with Crippen LogP contribution in [0.4, 0.5) is 17.1 Å². The van der Waals surface area contributed by atoms with Crippen LogP contribution in [-0.2, 0) is 0 Å². The van der Waals surface area contributed by atoms with Gasteiger partial charge in [0, 0.05) is 27.1 Å². The molecule has 60 heavy (non-hydrogen) atoms. The molecule has 0 bridgehead atoms. The number of hydrogen-bond donors (Lipinski definition) is 0. The summed E-state index contributed by atoms with van der Waals surface area (Å²) in [5.74, 6) is 0. The number of rotatable bonds is 6. The van der Waals surface area contributed by atoms with Crippen LogP contribution in [0.1, 0.15) is 0 Å². The topological polar surface area (TPSA) is 16.4 Å². The first kappa shape index (κ1) is 34.1. The second-order valence-electron chi connectivity index (χ2n) is 15.6. The van der Waals surface area contributed by atoms with Crippen LogP contribution in [-0.4, -0.2) is 0 Å². The maximum Gasteiger partial charge on any atom is 0.159 e. The summed E-state index contributed by atoms with van der Waals surface area (Å²) in [5, 5.41) is 11.9. The molecule has 0 fully saturated rings. The van der Waals surface area contributed by atoms with Crippen LogP contribution in [0.5, 0.6) is 0 Å². The molecular formula is C58H37NO. The molecule has 12 aromatic rings. The van der Waals surface area contributed by atoms with Crippen LogP contribution in [0.25, 0.3) is 98.4 Å². The van der Waals surface area contributed by atoms with E-state index in [9.17, 15) is 0 Å². The number of hydrogen-bond acceptors (Lipinski definition) is 2. The van der Waals surface area contributed by atoms with E-state index in [0.717, 1.165) is 66.3 Å². The van der Waals surface area contributed by atoms with Crippen LogP contribution in [0.15, 0.2) is 229 Å². The molecule has 2 heteroatoms. The quantitative estimate of drug-likeness (QED) is 0.157. The first-order chi connectivity index (χ1) is 29.8. The van der Waals surface area contributed by atoms with Gasteiger partial charge in [0.25, 0.3) is 0 Å². The molecule has 1 aromatic heterocycles. The number of nitrogens with zero attached hydrogens (tertiary/aromatic N) is 1. The van der Waals surface area contributed by atoms with Gasteiger partial charge in [-0.3, -0.25) is 0 Å². The van der Waals surface area contributed by atoms with Crippen molar-refractivity contribution in [2.24, 2.45) is 0 Å². The fourth-order valence-corrected chi connectivity index (χ4v) is 9.46. The summed E-state index contributed by atoms with van der Waals surface area (Å²) < 4.78 is 7.06. The van der Waals surface area contributed by atoms with Crippen molar-refractivity contribution < 1.29 is 4.42 Å². The predicted octanol–water partition coefficient (Wildman–Crippen LogP) is 16.7. The van der Waals surface area contributed by atoms with Gasteiger partial charge < -0.3 is 9.32 Å². The third kappa shape index (κ3) is 5.42. The van der Waals surface area contributed by atoms with Gasteiger partial charge in [0.15, 0.2) is 5.58 Å². The lowest BCUT2D eigenvalue weighted by atomic mass is 9.92. The van der Waals surface area contributed by atoms with Gasteiger partial charge in [0.1, 0.15) is 5.58 Å². The highest BCUT2D eigenvalue weighted by atomic mass is 16.3. The first-order valence-corrected chi connectivity index (χ1v) is 20.6. The van der Waals surface area contributed by atoms with Crippen molar-refractivity contribution in [1.29, 1.82) is 0 Å². The summed E-state index contributed by atoms with van der Waals surface area (Å²) in [6, 6.07) is 81.2. The third-order valence-electron chi connectivity index (χ3n) is 12.3. The average Bonchev–Trinajstić information content (AvgIpc) is 3.72. The van der Waals surface area contributed by atoms with Crippen LogP contribution in [0, 0.1) is 0 Å². The van der Waals surface area contributed by atoms with E-state index in [1.54, 1.807) is 0 Å². The first-order valence-electron chi connectivity index (χ1n) is 20.6. The van der Waals surface area contributed by atoms with Crippen molar-refractivity contribution in [1.82, 2.24) is 0 Å². The van der Waals surface area contributed by atoms with Gasteiger partial charge in [-0.2, -0.15) is 0 Å². The lowest BCUT2D eigenvalue weighted by molar-refractivity contribution is 0.673. The lowest BCUT2D eigenvalue weighted by Crippen LogP contribution is -2.12. The Labute approximate surface area is 347 Å². The fourth-order valence-electron chi connectivity index (χ4n) is 9.46. The van der Waals surface area contributed by atoms with Crippen molar-refractivity contribution in [3.8, 4) is 33.4 Å². The molecule has 0 unspecified atom stereocenters. The van der Waals surface area contributed by atoms with E-state index >= 15 is 0 Å². The minimum absolute atomic E-state index is 0.855. The molecule has 0 N–H and O–H groups in total. The summed E-state index contributed by atoms with van der Waals surface area (Å²) in [4.78, 5) is 2.42. The van der Waals surface area contributed by atoms with Crippen molar-refractivity contribution >= 4 is 82.1 Å². The van der Waals surface area contributed by atoms with Crippen LogP contribution >= 0.6 is 0 Å². The second-order valence-corrected chi connectivity index (χ2v) is 15.6. The summed E-state index contributed by atoms with van der Waals surface area (Å²) in [7, 11) is 0. The molecule has 280 valence electrons. The fraction of sp³-hybridized carbons (Fsp3) is 0. The van der Waals surface area contributed by atoms with Gasteiger partial charge in [0.05, 0.1) is 17.1 Å². The molecular weight excluding hydrogens is 727 g/mol. The van der Waals surface area contributed by atoms with E-state index in [0.29, 0.717) is 0 Å². The minimum atomic E-state index is 0.855. The van der Waals surface area contributed by atoms with Gasteiger partial charge >= 0.3 is 0 Å². The summed E-state index contributed by atoms with van der Waals surface area (Å²) >= 11 is 0. The Balaban J connectivity index is 1.08. The van der Waals surface area contributed by atoms with Gasteiger partial charge in [-0.05, 0) is 90.5 Å². The number of furan rings is 1. The van der Waals surface area contributed by atoms with Crippen LogP contribution in [0.2, 0.25) is 0 Å². The molecule has 12 rings (SSSR count). The van der Waals surface area contributed by atoms with Gasteiger partial charge in [0.2, 0.25) is 0 Å². The van der Waals surface area contributed by atoms with E-state index in [-0.39, 0.29) is 0 Å². The van der Waals surface area contributed by atoms with Crippen molar-refractivity contribution in [3.05, 3.63) is 224 Å². The molecule has 0 aliphatic heterocycles. The van der Waals surface area contributed by atoms with Crippen LogP contribution < -0.4 is 4.90 Å². The molecule has 0 saturated carbocycles. The third-order valence-corrected chi connectivity index (χ3v) is 12.3.